The van der Waals surface area contributed by atoms with Crippen LogP contribution in [0.2, 0.25) is 0 Å². The Morgan fingerprint density at radius 2 is 1.83 bits per heavy atom. The molecule has 2 atom stereocenters. The van der Waals surface area contributed by atoms with E-state index in [0.717, 1.165) is 30.4 Å². The van der Waals surface area contributed by atoms with Crippen molar-refractivity contribution in [2.45, 2.75) is 25.1 Å². The van der Waals surface area contributed by atoms with Crippen molar-refractivity contribution in [3.63, 3.8) is 0 Å². The van der Waals surface area contributed by atoms with Gasteiger partial charge < -0.3 is 9.80 Å². The Morgan fingerprint density at radius 1 is 1.22 bits per heavy atom. The van der Waals surface area contributed by atoms with Crippen molar-refractivity contribution < 1.29 is 0 Å². The van der Waals surface area contributed by atoms with Crippen LogP contribution < -0.4 is 4.90 Å². The average Bonchev–Trinajstić information content (AvgIpc) is 2.71. The first-order chi connectivity index (χ1) is 8.51. The van der Waals surface area contributed by atoms with Gasteiger partial charge in [-0.2, -0.15) is 11.8 Å². The van der Waals surface area contributed by atoms with E-state index in [0.29, 0.717) is 11.3 Å². The first kappa shape index (κ1) is 13.6. The summed E-state index contributed by atoms with van der Waals surface area (Å²) in [7, 11) is 4.31. The van der Waals surface area contributed by atoms with Crippen LogP contribution in [0, 0.1) is 13.8 Å². The second kappa shape index (κ2) is 5.45. The maximum Gasteiger partial charge on any atom is 0.225 e. The molecule has 100 valence electrons. The van der Waals surface area contributed by atoms with E-state index in [4.69, 9.17) is 0 Å². The van der Waals surface area contributed by atoms with Gasteiger partial charge in [0.25, 0.3) is 0 Å². The molecule has 0 spiro atoms. The van der Waals surface area contributed by atoms with Gasteiger partial charge in [0.15, 0.2) is 0 Å². The van der Waals surface area contributed by atoms with Crippen molar-refractivity contribution in [3.05, 3.63) is 17.5 Å². The van der Waals surface area contributed by atoms with E-state index in [1.807, 2.05) is 31.7 Å². The van der Waals surface area contributed by atoms with Crippen LogP contribution in [0.15, 0.2) is 6.07 Å². The maximum atomic E-state index is 4.57. The van der Waals surface area contributed by atoms with Gasteiger partial charge in [-0.05, 0) is 40.3 Å². The Bertz CT molecular complexity index is 401. The summed E-state index contributed by atoms with van der Waals surface area (Å²) in [4.78, 5) is 13.8. The van der Waals surface area contributed by atoms with E-state index in [-0.39, 0.29) is 0 Å². The predicted octanol–water partition coefficient (Wildman–Crippen LogP) is 1.58. The molecule has 18 heavy (non-hydrogen) atoms. The lowest BCUT2D eigenvalue weighted by atomic mass is 10.2. The molecule has 2 heterocycles. The van der Waals surface area contributed by atoms with E-state index >= 15 is 0 Å². The zero-order valence-electron chi connectivity index (χ0n) is 11.8. The van der Waals surface area contributed by atoms with Gasteiger partial charge in [0.1, 0.15) is 0 Å². The Kier molecular flexibility index (Phi) is 4.12. The molecule has 1 aliphatic rings. The van der Waals surface area contributed by atoms with Crippen LogP contribution in [0.4, 0.5) is 5.95 Å². The van der Waals surface area contributed by atoms with E-state index < -0.39 is 0 Å². The van der Waals surface area contributed by atoms with E-state index in [1.165, 1.54) is 0 Å². The number of aryl methyl sites for hydroxylation is 2. The van der Waals surface area contributed by atoms with Crippen LogP contribution in [0.1, 0.15) is 11.4 Å². The molecular weight excluding hydrogens is 244 g/mol. The normalized spacial score (nSPS) is 24.0. The largest absolute Gasteiger partial charge is 0.338 e. The minimum atomic E-state index is 0.574. The highest BCUT2D eigenvalue weighted by molar-refractivity contribution is 7.99. The molecule has 0 amide bonds. The van der Waals surface area contributed by atoms with Crippen molar-refractivity contribution >= 4 is 17.7 Å². The fraction of sp³-hybridized carbons (Fsp3) is 0.692. The van der Waals surface area contributed by atoms with E-state index in [1.54, 1.807) is 0 Å². The number of anilines is 1. The molecule has 2 rings (SSSR count). The molecule has 0 radical (unpaired) electrons. The molecule has 0 aromatic carbocycles. The minimum absolute atomic E-state index is 0.574. The van der Waals surface area contributed by atoms with E-state index in [9.17, 15) is 0 Å². The zero-order valence-corrected chi connectivity index (χ0v) is 12.7. The van der Waals surface area contributed by atoms with Gasteiger partial charge in [0.2, 0.25) is 5.95 Å². The fourth-order valence-electron chi connectivity index (χ4n) is 2.50. The van der Waals surface area contributed by atoms with Gasteiger partial charge in [0, 0.05) is 35.8 Å². The van der Waals surface area contributed by atoms with Crippen LogP contribution in [0.25, 0.3) is 0 Å². The number of thioether (sulfide) groups is 1. The summed E-state index contributed by atoms with van der Waals surface area (Å²) >= 11 is 1.94. The summed E-state index contributed by atoms with van der Waals surface area (Å²) in [5, 5.41) is 0.629. The van der Waals surface area contributed by atoms with Crippen molar-refractivity contribution in [3.8, 4) is 0 Å². The van der Waals surface area contributed by atoms with Crippen molar-refractivity contribution in [1.82, 2.24) is 14.9 Å². The number of aromatic nitrogens is 2. The SMILES string of the molecule is CS[C@@H]1CN(c2nc(C)cc(C)n2)C[C@H]1N(C)C. The second-order valence-electron chi connectivity index (χ2n) is 5.16. The van der Waals surface area contributed by atoms with Gasteiger partial charge in [-0.3, -0.25) is 0 Å². The third-order valence-corrected chi connectivity index (χ3v) is 4.53. The Labute approximate surface area is 114 Å². The highest BCUT2D eigenvalue weighted by atomic mass is 32.2. The van der Waals surface area contributed by atoms with Crippen LogP contribution >= 0.6 is 11.8 Å². The van der Waals surface area contributed by atoms with Crippen molar-refractivity contribution in [2.24, 2.45) is 0 Å². The fourth-order valence-corrected chi connectivity index (χ4v) is 3.47. The number of rotatable bonds is 3. The number of hydrogen-bond acceptors (Lipinski definition) is 5. The smallest absolute Gasteiger partial charge is 0.225 e. The average molecular weight is 266 g/mol. The number of hydrogen-bond donors (Lipinski definition) is 0. The van der Waals surface area contributed by atoms with Gasteiger partial charge in [0.05, 0.1) is 0 Å². The molecule has 0 bridgehead atoms. The first-order valence-electron chi connectivity index (χ1n) is 6.27. The molecule has 4 nitrogen and oxygen atoms in total. The molecule has 0 unspecified atom stereocenters. The molecule has 0 aliphatic carbocycles. The van der Waals surface area contributed by atoms with Gasteiger partial charge in [-0.25, -0.2) is 9.97 Å². The molecule has 0 saturated carbocycles. The Hall–Kier alpha value is -0.810. The van der Waals surface area contributed by atoms with Crippen molar-refractivity contribution in [2.75, 3.05) is 38.3 Å². The minimum Gasteiger partial charge on any atom is -0.338 e. The van der Waals surface area contributed by atoms with E-state index in [2.05, 4.69) is 40.1 Å². The monoisotopic (exact) mass is 266 g/mol. The van der Waals surface area contributed by atoms with Gasteiger partial charge in [-0.1, -0.05) is 0 Å². The first-order valence-corrected chi connectivity index (χ1v) is 7.56. The summed E-state index contributed by atoms with van der Waals surface area (Å²) in [5.74, 6) is 0.885. The topological polar surface area (TPSA) is 32.3 Å². The molecule has 1 saturated heterocycles. The lowest BCUT2D eigenvalue weighted by Crippen LogP contribution is -2.36. The molecular formula is C13H22N4S. The van der Waals surface area contributed by atoms with Crippen LogP contribution in [-0.2, 0) is 0 Å². The Balaban J connectivity index is 2.20. The standard InChI is InChI=1S/C13H22N4S/c1-9-6-10(2)15-13(14-9)17-7-11(16(3)4)12(8-17)18-5/h6,11-12H,7-8H2,1-5H3/t11-,12-/m1/s1. The zero-order chi connectivity index (χ0) is 13.3. The quantitative estimate of drug-likeness (QED) is 0.829. The summed E-state index contributed by atoms with van der Waals surface area (Å²) in [6.07, 6.45) is 2.19. The second-order valence-corrected chi connectivity index (χ2v) is 6.24. The van der Waals surface area contributed by atoms with Gasteiger partial charge in [-0.15, -0.1) is 0 Å². The molecule has 0 N–H and O–H groups in total. The maximum absolute atomic E-state index is 4.57. The molecule has 1 aromatic heterocycles. The Morgan fingerprint density at radius 3 is 2.28 bits per heavy atom. The lowest BCUT2D eigenvalue weighted by Gasteiger charge is -2.23. The molecule has 1 aliphatic heterocycles. The lowest BCUT2D eigenvalue weighted by molar-refractivity contribution is 0.320. The predicted molar refractivity (Wildman–Crippen MR) is 78.5 cm³/mol. The van der Waals surface area contributed by atoms with Crippen LogP contribution in [0.3, 0.4) is 0 Å². The van der Waals surface area contributed by atoms with Gasteiger partial charge >= 0.3 is 0 Å². The highest BCUT2D eigenvalue weighted by Gasteiger charge is 2.34. The molecule has 5 heteroatoms. The summed E-state index contributed by atoms with van der Waals surface area (Å²) in [5.41, 5.74) is 2.10. The van der Waals surface area contributed by atoms with Crippen molar-refractivity contribution in [1.29, 1.82) is 0 Å². The summed E-state index contributed by atoms with van der Waals surface area (Å²) in [6.45, 7) is 6.11. The third kappa shape index (κ3) is 2.78. The summed E-state index contributed by atoms with van der Waals surface area (Å²) < 4.78 is 0. The molecule has 1 aromatic rings. The third-order valence-electron chi connectivity index (χ3n) is 3.46. The van der Waals surface area contributed by atoms with Crippen LogP contribution in [-0.4, -0.2) is 59.6 Å². The molecule has 1 fully saturated rings. The number of likely N-dealkylation sites (N-methyl/N-ethyl adjacent to an activating group) is 1. The highest BCUT2D eigenvalue weighted by Crippen LogP contribution is 2.26. The van der Waals surface area contributed by atoms with Crippen LogP contribution in [0.5, 0.6) is 0 Å². The number of nitrogens with zero attached hydrogens (tertiary/aromatic N) is 4. The summed E-state index contributed by atoms with van der Waals surface area (Å²) in [6, 6.07) is 2.60.